The number of nitrogens with zero attached hydrogens (tertiary/aromatic N) is 5. The van der Waals surface area contributed by atoms with Crippen LogP contribution in [-0.4, -0.2) is 49.7 Å². The van der Waals surface area contributed by atoms with Crippen molar-refractivity contribution in [2.24, 2.45) is 7.05 Å². The first-order chi connectivity index (χ1) is 14.4. The van der Waals surface area contributed by atoms with E-state index in [0.29, 0.717) is 39.6 Å². The molecule has 1 amide bonds. The number of aromatic amines is 1. The van der Waals surface area contributed by atoms with Gasteiger partial charge in [-0.15, -0.1) is 0 Å². The molecule has 30 heavy (non-hydrogen) atoms. The van der Waals surface area contributed by atoms with E-state index >= 15 is 0 Å². The Labute approximate surface area is 170 Å². The van der Waals surface area contributed by atoms with Crippen molar-refractivity contribution in [1.29, 1.82) is 0 Å². The number of anilines is 1. The molecule has 154 valence electrons. The molecular weight excluding hydrogens is 390 g/mol. The third kappa shape index (κ3) is 3.26. The zero-order valence-corrected chi connectivity index (χ0v) is 16.8. The molecule has 0 bridgehead atoms. The van der Waals surface area contributed by atoms with Gasteiger partial charge in [-0.3, -0.25) is 19.3 Å². The first-order valence-electron chi connectivity index (χ1n) is 8.93. The molecular formula is C19H19N7O4. The number of rotatable bonds is 5. The maximum atomic E-state index is 12.8. The molecule has 0 fully saturated rings. The molecule has 11 nitrogen and oxygen atoms in total. The van der Waals surface area contributed by atoms with E-state index in [-0.39, 0.29) is 17.4 Å². The fraction of sp³-hybridized carbons (Fsp3) is 0.211. The quantitative estimate of drug-likeness (QED) is 0.510. The lowest BCUT2D eigenvalue weighted by Crippen LogP contribution is -2.19. The Morgan fingerprint density at radius 1 is 1.17 bits per heavy atom. The molecule has 0 saturated carbocycles. The molecule has 0 saturated heterocycles. The number of hydrogen-bond acceptors (Lipinski definition) is 7. The van der Waals surface area contributed by atoms with E-state index in [4.69, 9.17) is 9.47 Å². The van der Waals surface area contributed by atoms with E-state index in [1.54, 1.807) is 38.2 Å². The highest BCUT2D eigenvalue weighted by atomic mass is 16.5. The lowest BCUT2D eigenvalue weighted by atomic mass is 10.2. The summed E-state index contributed by atoms with van der Waals surface area (Å²) in [6.45, 7) is 1.77. The maximum absolute atomic E-state index is 12.8. The Balaban J connectivity index is 1.72. The van der Waals surface area contributed by atoms with Gasteiger partial charge in [0.2, 0.25) is 5.95 Å². The number of ether oxygens (including phenoxy) is 2. The van der Waals surface area contributed by atoms with Gasteiger partial charge in [-0.1, -0.05) is 0 Å². The Bertz CT molecular complexity index is 1320. The predicted octanol–water partition coefficient (Wildman–Crippen LogP) is 1.42. The van der Waals surface area contributed by atoms with Gasteiger partial charge < -0.3 is 14.8 Å². The minimum atomic E-state index is -0.388. The minimum Gasteiger partial charge on any atom is -0.493 e. The highest BCUT2D eigenvalue weighted by Gasteiger charge is 2.17. The summed E-state index contributed by atoms with van der Waals surface area (Å²) in [6, 6.07) is 6.51. The van der Waals surface area contributed by atoms with Crippen molar-refractivity contribution in [3.05, 3.63) is 52.1 Å². The monoisotopic (exact) mass is 409 g/mol. The highest BCUT2D eigenvalue weighted by Crippen LogP contribution is 2.28. The van der Waals surface area contributed by atoms with Crippen LogP contribution in [0, 0.1) is 6.92 Å². The van der Waals surface area contributed by atoms with Crippen LogP contribution in [0.3, 0.4) is 0 Å². The first kappa shape index (κ1) is 19.2. The van der Waals surface area contributed by atoms with Crippen molar-refractivity contribution in [3.63, 3.8) is 0 Å². The van der Waals surface area contributed by atoms with Crippen molar-refractivity contribution in [3.8, 4) is 17.4 Å². The number of hydrogen-bond donors (Lipinski definition) is 2. The van der Waals surface area contributed by atoms with E-state index in [1.807, 2.05) is 0 Å². The zero-order valence-electron chi connectivity index (χ0n) is 16.8. The molecule has 0 radical (unpaired) electrons. The molecule has 4 aromatic rings. The zero-order chi connectivity index (χ0) is 21.4. The molecule has 11 heteroatoms. The lowest BCUT2D eigenvalue weighted by molar-refractivity contribution is 0.102. The molecule has 4 rings (SSSR count). The van der Waals surface area contributed by atoms with Gasteiger partial charge >= 0.3 is 0 Å². The van der Waals surface area contributed by atoms with Gasteiger partial charge in [0.25, 0.3) is 11.5 Å². The van der Waals surface area contributed by atoms with Gasteiger partial charge in [-0.2, -0.15) is 19.9 Å². The van der Waals surface area contributed by atoms with Crippen molar-refractivity contribution in [2.75, 3.05) is 19.5 Å². The van der Waals surface area contributed by atoms with Crippen LogP contribution in [0.1, 0.15) is 16.1 Å². The first-order valence-corrected chi connectivity index (χ1v) is 8.93. The Morgan fingerprint density at radius 2 is 1.93 bits per heavy atom. The number of aromatic nitrogens is 6. The summed E-state index contributed by atoms with van der Waals surface area (Å²) >= 11 is 0. The van der Waals surface area contributed by atoms with E-state index in [1.165, 1.54) is 29.8 Å². The number of aryl methyl sites for hydroxylation is 2. The summed E-state index contributed by atoms with van der Waals surface area (Å²) in [5, 5.41) is 11.5. The molecule has 1 aromatic carbocycles. The van der Waals surface area contributed by atoms with Crippen LogP contribution < -0.4 is 20.3 Å². The summed E-state index contributed by atoms with van der Waals surface area (Å²) in [5.74, 6) is 1.06. The molecule has 3 heterocycles. The molecule has 2 N–H and O–H groups in total. The summed E-state index contributed by atoms with van der Waals surface area (Å²) in [7, 11) is 4.70. The standard InChI is InChI=1S/C19H19N7O4/c1-10-7-15(21-17(27)11-5-6-13(29-3)14(8-11)30-4)26(24-10)19-22-16-12(18(28)23-19)9-20-25(16)2/h5-9H,1-4H3,(H,21,27)(H,22,23,28). The number of methoxy groups -OCH3 is 2. The van der Waals surface area contributed by atoms with Gasteiger partial charge in [-0.25, -0.2) is 0 Å². The normalized spacial score (nSPS) is 10.9. The number of fused-ring (bicyclic) bond motifs is 1. The predicted molar refractivity (Wildman–Crippen MR) is 108 cm³/mol. The van der Waals surface area contributed by atoms with Crippen molar-refractivity contribution >= 4 is 22.8 Å². The molecule has 0 spiro atoms. The van der Waals surface area contributed by atoms with E-state index in [2.05, 4.69) is 25.5 Å². The van der Waals surface area contributed by atoms with Gasteiger partial charge in [0, 0.05) is 18.7 Å². The molecule has 0 aliphatic rings. The van der Waals surface area contributed by atoms with Gasteiger partial charge in [0.1, 0.15) is 11.2 Å². The van der Waals surface area contributed by atoms with E-state index in [9.17, 15) is 9.59 Å². The number of carbonyl (C=O) groups is 1. The van der Waals surface area contributed by atoms with Gasteiger partial charge in [0.05, 0.1) is 26.1 Å². The molecule has 3 aromatic heterocycles. The van der Waals surface area contributed by atoms with Crippen molar-refractivity contribution < 1.29 is 14.3 Å². The SMILES string of the molecule is COc1ccc(C(=O)Nc2cc(C)nn2-c2nc3c(cnn3C)c(=O)[nH]2)cc1OC. The highest BCUT2D eigenvalue weighted by molar-refractivity contribution is 6.04. The summed E-state index contributed by atoms with van der Waals surface area (Å²) < 4.78 is 13.3. The Kier molecular flexibility index (Phi) is 4.70. The van der Waals surface area contributed by atoms with Crippen molar-refractivity contribution in [2.45, 2.75) is 6.92 Å². The summed E-state index contributed by atoms with van der Waals surface area (Å²) in [6.07, 6.45) is 1.44. The second kappa shape index (κ2) is 7.35. The number of nitrogens with one attached hydrogen (secondary N) is 2. The molecule has 0 aliphatic carbocycles. The van der Waals surface area contributed by atoms with Crippen LogP contribution in [-0.2, 0) is 7.05 Å². The molecule has 0 atom stereocenters. The van der Waals surface area contributed by atoms with Gasteiger partial charge in [0.15, 0.2) is 17.1 Å². The fourth-order valence-corrected chi connectivity index (χ4v) is 3.04. The Hall–Kier alpha value is -4.15. The third-order valence-corrected chi connectivity index (χ3v) is 4.51. The number of amides is 1. The smallest absolute Gasteiger partial charge is 0.263 e. The molecule has 0 aliphatic heterocycles. The topological polar surface area (TPSA) is 129 Å². The van der Waals surface area contributed by atoms with Crippen LogP contribution in [0.5, 0.6) is 11.5 Å². The second-order valence-corrected chi connectivity index (χ2v) is 6.50. The largest absolute Gasteiger partial charge is 0.493 e. The number of benzene rings is 1. The second-order valence-electron chi connectivity index (χ2n) is 6.50. The lowest BCUT2D eigenvalue weighted by Gasteiger charge is -2.11. The van der Waals surface area contributed by atoms with Crippen molar-refractivity contribution in [1.82, 2.24) is 29.5 Å². The number of H-pyrrole nitrogens is 1. The van der Waals surface area contributed by atoms with Crippen LogP contribution in [0.4, 0.5) is 5.82 Å². The van der Waals surface area contributed by atoms with E-state index < -0.39 is 0 Å². The number of carbonyl (C=O) groups excluding carboxylic acids is 1. The van der Waals surface area contributed by atoms with Gasteiger partial charge in [-0.05, 0) is 25.1 Å². The summed E-state index contributed by atoms with van der Waals surface area (Å²) in [5.41, 5.74) is 1.04. The third-order valence-electron chi connectivity index (χ3n) is 4.51. The average molecular weight is 409 g/mol. The van der Waals surface area contributed by atoms with Crippen LogP contribution >= 0.6 is 0 Å². The molecule has 0 unspecified atom stereocenters. The minimum absolute atomic E-state index is 0.159. The summed E-state index contributed by atoms with van der Waals surface area (Å²) in [4.78, 5) is 32.3. The Morgan fingerprint density at radius 3 is 2.67 bits per heavy atom. The fourth-order valence-electron chi connectivity index (χ4n) is 3.04. The van der Waals surface area contributed by atoms with Crippen LogP contribution in [0.15, 0.2) is 35.3 Å². The van der Waals surface area contributed by atoms with Crippen LogP contribution in [0.2, 0.25) is 0 Å². The van der Waals surface area contributed by atoms with E-state index in [0.717, 1.165) is 0 Å². The average Bonchev–Trinajstić information content (AvgIpc) is 3.30. The maximum Gasteiger partial charge on any atom is 0.263 e. The van der Waals surface area contributed by atoms with Crippen LogP contribution in [0.25, 0.3) is 17.0 Å².